The molecule has 108 heavy (non-hydrogen) atoms. The quantitative estimate of drug-likeness (QED) is 0.113. The van der Waals surface area contributed by atoms with Crippen LogP contribution >= 0.6 is 11.6 Å². The van der Waals surface area contributed by atoms with E-state index in [-0.39, 0.29) is 43.2 Å². The Morgan fingerprint density at radius 3 is 0.852 bits per heavy atom. The molecule has 6 heteroatoms. The SMILES string of the molecule is C.C.CC(C)(C)c1ccc(N(c2ccc(C3CCCCC3)cc2)c2cccc(N(c3ccc(C4CCCCC4)cc3)c3ccc(C(C)(C)C)cc3)c2Cl)cc1.CC(C)(C)c1ccc(N2c3ccc(C4CCCCC4)cc3B3c4cc(C5CCCCC5)ccc4N(c4ccc(C(C)(C)C)cc4)c4cccc2c43)cc1. The Morgan fingerprint density at radius 1 is 0.296 bits per heavy atom. The van der Waals surface area contributed by atoms with Crippen molar-refractivity contribution in [2.45, 2.75) is 272 Å². The van der Waals surface area contributed by atoms with Crippen molar-refractivity contribution in [2.75, 3.05) is 19.6 Å². The second kappa shape index (κ2) is 32.4. The first kappa shape index (κ1) is 77.9. The molecule has 0 N–H and O–H groups in total. The van der Waals surface area contributed by atoms with Crippen molar-refractivity contribution in [3.05, 3.63) is 268 Å². The summed E-state index contributed by atoms with van der Waals surface area (Å²) in [5.41, 5.74) is 30.2. The lowest BCUT2D eigenvalue weighted by atomic mass is 9.33. The fourth-order valence-electron chi connectivity index (χ4n) is 18.7. The van der Waals surface area contributed by atoms with Crippen LogP contribution < -0.4 is 36.0 Å². The summed E-state index contributed by atoms with van der Waals surface area (Å²) in [6, 6.07) is 84.4. The topological polar surface area (TPSA) is 13.0 Å². The number of nitrogens with zero attached hydrogens (tertiary/aromatic N) is 4. The Morgan fingerprint density at radius 2 is 0.556 bits per heavy atom. The molecule has 562 valence electrons. The number of benzene rings is 10. The van der Waals surface area contributed by atoms with Gasteiger partial charge in [0.15, 0.2) is 0 Å². The minimum Gasteiger partial charge on any atom is -0.311 e. The molecule has 10 aromatic rings. The maximum absolute atomic E-state index is 7.73. The van der Waals surface area contributed by atoms with Gasteiger partial charge < -0.3 is 19.6 Å². The van der Waals surface area contributed by atoms with Gasteiger partial charge in [0.25, 0.3) is 6.71 Å². The summed E-state index contributed by atoms with van der Waals surface area (Å²) < 4.78 is 0. The fraction of sp³-hybridized carbons (Fsp3) is 0.412. The summed E-state index contributed by atoms with van der Waals surface area (Å²) in [7, 11) is 0. The number of fused-ring (bicyclic) bond motifs is 4. The summed E-state index contributed by atoms with van der Waals surface area (Å²) in [5, 5.41) is 0.722. The average Bonchev–Trinajstić information content (AvgIpc) is 0.698. The molecular weight excluding hydrogens is 1330 g/mol. The highest BCUT2D eigenvalue weighted by atomic mass is 35.5. The van der Waals surface area contributed by atoms with E-state index in [0.717, 1.165) is 39.1 Å². The molecule has 4 saturated carbocycles. The third-order valence-corrected chi connectivity index (χ3v) is 25.4. The van der Waals surface area contributed by atoms with Crippen molar-refractivity contribution in [1.82, 2.24) is 0 Å². The molecule has 16 rings (SSSR count). The van der Waals surface area contributed by atoms with Crippen LogP contribution in [0.1, 0.15) is 295 Å². The lowest BCUT2D eigenvalue weighted by molar-refractivity contribution is 0.443. The summed E-state index contributed by atoms with van der Waals surface area (Å²) >= 11 is 7.73. The number of anilines is 12. The molecule has 2 aliphatic heterocycles. The smallest absolute Gasteiger partial charge is 0.252 e. The molecule has 0 aromatic heterocycles. The Balaban J connectivity index is 0.000000187. The number of halogens is 1. The minimum atomic E-state index is 0. The maximum Gasteiger partial charge on any atom is 0.252 e. The van der Waals surface area contributed by atoms with Gasteiger partial charge in [-0.25, -0.2) is 0 Å². The molecule has 10 aromatic carbocycles. The Labute approximate surface area is 657 Å². The summed E-state index contributed by atoms with van der Waals surface area (Å²) in [6.45, 7) is 27.7. The van der Waals surface area contributed by atoms with Crippen LogP contribution in [0.2, 0.25) is 5.02 Å². The van der Waals surface area contributed by atoms with Crippen LogP contribution in [0.15, 0.2) is 218 Å². The third-order valence-electron chi connectivity index (χ3n) is 25.1. The standard InChI is InChI=1S/C50H57BN2.C50H59ClN2.2CH4/c1-49(2,3)38-22-26-40(27-23-38)52-44-30-20-36(34-14-9-7-10-15-34)32-42(44)51-43-33-37(35-16-11-8-12-17-35)21-31-45(43)53(47-19-13-18-46(52)48(47)51)41-28-24-39(25-29-41)50(4,5)6;1-49(2,3)40-24-32-44(33-25-40)52(42-28-20-38(21-29-42)36-14-9-7-10-15-36)46-18-13-19-47(48(46)51)53(45-34-26-41(27-35-45)50(4,5)6)43-30-22-39(23-31-43)37-16-11-8-12-17-37;;/h13,18-35H,7-12,14-17H2,1-6H3;13,18-37H,7-12,14-17H2,1-6H3;2*1H4. The second-order valence-corrected chi connectivity index (χ2v) is 36.8. The first-order valence-corrected chi connectivity index (χ1v) is 41.4. The summed E-state index contributed by atoms with van der Waals surface area (Å²) in [4.78, 5) is 9.85. The van der Waals surface area contributed by atoms with Crippen LogP contribution in [0.3, 0.4) is 0 Å². The Kier molecular flexibility index (Phi) is 23.3. The zero-order chi connectivity index (χ0) is 73.7. The van der Waals surface area contributed by atoms with Crippen molar-refractivity contribution >= 4 is 103 Å². The molecule has 0 radical (unpaired) electrons. The summed E-state index contributed by atoms with van der Waals surface area (Å²) in [5.74, 6) is 2.62. The van der Waals surface area contributed by atoms with E-state index < -0.39 is 0 Å². The Hall–Kier alpha value is -8.25. The first-order valence-electron chi connectivity index (χ1n) is 41.1. The van der Waals surface area contributed by atoms with Gasteiger partial charge in [0.05, 0.1) is 16.4 Å². The van der Waals surface area contributed by atoms with Gasteiger partial charge >= 0.3 is 0 Å². The van der Waals surface area contributed by atoms with E-state index in [0.29, 0.717) is 23.7 Å². The van der Waals surface area contributed by atoms with Crippen molar-refractivity contribution < 1.29 is 0 Å². The molecular formula is C102H124BClN4. The number of hydrogen-bond donors (Lipinski definition) is 0. The average molecular weight is 1450 g/mol. The van der Waals surface area contributed by atoms with E-state index in [1.54, 1.807) is 0 Å². The van der Waals surface area contributed by atoms with Crippen molar-refractivity contribution in [2.24, 2.45) is 0 Å². The van der Waals surface area contributed by atoms with Crippen molar-refractivity contribution in [3.8, 4) is 0 Å². The molecule has 2 heterocycles. The highest BCUT2D eigenvalue weighted by Crippen LogP contribution is 2.51. The molecule has 0 bridgehead atoms. The predicted molar refractivity (Wildman–Crippen MR) is 473 cm³/mol. The van der Waals surface area contributed by atoms with E-state index >= 15 is 0 Å². The minimum absolute atomic E-state index is 0. The zero-order valence-electron chi connectivity index (χ0n) is 66.0. The van der Waals surface area contributed by atoms with Crippen LogP contribution in [-0.2, 0) is 21.7 Å². The van der Waals surface area contributed by atoms with Gasteiger partial charge in [-0.3, -0.25) is 0 Å². The fourth-order valence-corrected chi connectivity index (χ4v) is 19.0. The summed E-state index contributed by atoms with van der Waals surface area (Å²) in [6.07, 6.45) is 26.6. The molecule has 4 fully saturated rings. The van der Waals surface area contributed by atoms with E-state index in [1.165, 1.54) is 223 Å². The molecule has 0 saturated heterocycles. The molecule has 0 amide bonds. The van der Waals surface area contributed by atoms with Gasteiger partial charge in [0, 0.05) is 56.9 Å². The van der Waals surface area contributed by atoms with Crippen LogP contribution in [0, 0.1) is 0 Å². The van der Waals surface area contributed by atoms with Gasteiger partial charge in [0.1, 0.15) is 0 Å². The second-order valence-electron chi connectivity index (χ2n) is 36.4. The highest BCUT2D eigenvalue weighted by molar-refractivity contribution is 7.00. The van der Waals surface area contributed by atoms with E-state index in [9.17, 15) is 0 Å². The number of rotatable bonds is 12. The van der Waals surface area contributed by atoms with Gasteiger partial charge in [-0.15, -0.1) is 0 Å². The van der Waals surface area contributed by atoms with Gasteiger partial charge in [-0.05, 0) is 267 Å². The predicted octanol–water partition coefficient (Wildman–Crippen LogP) is 29.7. The van der Waals surface area contributed by atoms with Crippen LogP contribution in [0.5, 0.6) is 0 Å². The molecule has 0 atom stereocenters. The van der Waals surface area contributed by atoms with Crippen LogP contribution in [-0.4, -0.2) is 6.71 Å². The van der Waals surface area contributed by atoms with Crippen LogP contribution in [0.4, 0.5) is 68.2 Å². The molecule has 6 aliphatic rings. The zero-order valence-corrected chi connectivity index (χ0v) is 66.7. The van der Waals surface area contributed by atoms with E-state index in [2.05, 4.69) is 321 Å². The van der Waals surface area contributed by atoms with E-state index in [4.69, 9.17) is 11.6 Å². The maximum atomic E-state index is 7.73. The highest BCUT2D eigenvalue weighted by Gasteiger charge is 2.44. The lowest BCUT2D eigenvalue weighted by Gasteiger charge is -2.44. The molecule has 4 aliphatic carbocycles. The van der Waals surface area contributed by atoms with Crippen LogP contribution in [0.25, 0.3) is 0 Å². The number of hydrogen-bond acceptors (Lipinski definition) is 4. The van der Waals surface area contributed by atoms with Crippen molar-refractivity contribution in [1.29, 1.82) is 0 Å². The largest absolute Gasteiger partial charge is 0.311 e. The molecule has 0 unspecified atom stereocenters. The van der Waals surface area contributed by atoms with Gasteiger partial charge in [0.2, 0.25) is 0 Å². The third kappa shape index (κ3) is 16.2. The van der Waals surface area contributed by atoms with E-state index in [1.807, 2.05) is 0 Å². The Bertz CT molecular complexity index is 4360. The first-order chi connectivity index (χ1) is 51.0. The van der Waals surface area contributed by atoms with Gasteiger partial charge in [-0.1, -0.05) is 296 Å². The molecule has 0 spiro atoms. The molecule has 4 nitrogen and oxygen atoms in total. The van der Waals surface area contributed by atoms with Crippen molar-refractivity contribution in [3.63, 3.8) is 0 Å². The van der Waals surface area contributed by atoms with Gasteiger partial charge in [-0.2, -0.15) is 0 Å². The normalized spacial score (nSPS) is 16.6. The monoisotopic (exact) mass is 1450 g/mol. The lowest BCUT2D eigenvalue weighted by Crippen LogP contribution is -2.61.